The van der Waals surface area contributed by atoms with Crippen LogP contribution >= 0.6 is 15.2 Å². The third-order valence-electron chi connectivity index (χ3n) is 3.86. The number of hydrogen-bond acceptors (Lipinski definition) is 7. The second-order valence-corrected chi connectivity index (χ2v) is 12.9. The van der Waals surface area contributed by atoms with Crippen LogP contribution < -0.4 is 0 Å². The summed E-state index contributed by atoms with van der Waals surface area (Å²) in [5, 5.41) is 10.3. The summed E-state index contributed by atoms with van der Waals surface area (Å²) in [6.07, 6.45) is -1.93. The normalized spacial score (nSPS) is 21.5. The van der Waals surface area contributed by atoms with E-state index in [9.17, 15) is 14.2 Å². The molecule has 9 heteroatoms. The van der Waals surface area contributed by atoms with Gasteiger partial charge in [0.25, 0.3) is 0 Å². The predicted molar refractivity (Wildman–Crippen MR) is 103 cm³/mol. The molecule has 7 nitrogen and oxygen atoms in total. The van der Waals surface area contributed by atoms with Crippen molar-refractivity contribution in [3.8, 4) is 0 Å². The Bertz CT molecular complexity index is 479. The van der Waals surface area contributed by atoms with Crippen LogP contribution in [-0.2, 0) is 27.2 Å². The van der Waals surface area contributed by atoms with Crippen LogP contribution in [0, 0.1) is 0 Å². The van der Waals surface area contributed by atoms with E-state index in [-0.39, 0.29) is 12.8 Å². The average Bonchev–Trinajstić information content (AvgIpc) is 2.79. The monoisotopic (exact) mass is 414 g/mol. The second-order valence-electron chi connectivity index (χ2n) is 7.99. The van der Waals surface area contributed by atoms with Crippen LogP contribution in [0.1, 0.15) is 74.7 Å². The van der Waals surface area contributed by atoms with Gasteiger partial charge >= 0.3 is 15.2 Å². The summed E-state index contributed by atoms with van der Waals surface area (Å²) in [7, 11) is -7.91. The molecule has 1 N–H and O–H groups in total. The number of aliphatic hydroxyl groups excluding tert-OH is 1. The Hall–Kier alpha value is 0.260. The molecule has 1 rings (SSSR count). The van der Waals surface area contributed by atoms with Crippen molar-refractivity contribution in [3.05, 3.63) is 0 Å². The fraction of sp³-hybridized carbons (Fsp3) is 1.00. The van der Waals surface area contributed by atoms with Gasteiger partial charge in [-0.05, 0) is 68.2 Å². The molecule has 1 aliphatic carbocycles. The van der Waals surface area contributed by atoms with Gasteiger partial charge in [0, 0.05) is 6.42 Å². The van der Waals surface area contributed by atoms with Crippen LogP contribution in [0.2, 0.25) is 0 Å². The van der Waals surface area contributed by atoms with Crippen molar-refractivity contribution in [3.63, 3.8) is 0 Å². The van der Waals surface area contributed by atoms with E-state index in [1.807, 2.05) is 0 Å². The molecule has 1 saturated carbocycles. The summed E-state index contributed by atoms with van der Waals surface area (Å²) >= 11 is 0. The van der Waals surface area contributed by atoms with Gasteiger partial charge in [-0.25, -0.2) is 0 Å². The van der Waals surface area contributed by atoms with Crippen molar-refractivity contribution in [1.82, 2.24) is 0 Å². The molecule has 0 aromatic heterocycles. The van der Waals surface area contributed by atoms with Crippen molar-refractivity contribution in [1.29, 1.82) is 0 Å². The van der Waals surface area contributed by atoms with Gasteiger partial charge < -0.3 is 23.2 Å². The highest BCUT2D eigenvalue weighted by molar-refractivity contribution is 7.74. The van der Waals surface area contributed by atoms with E-state index >= 15 is 0 Å². The standard InChI is InChI=1S/C17H36O7P2/c1-12(2)21-25(19,22-13(3)4)17(10-9-16(18)11-17)26(20,23-14(5)6)24-15(7)8/h12-16,18H,9-11H2,1-8H3. The van der Waals surface area contributed by atoms with Gasteiger partial charge in [0.1, 0.15) is 0 Å². The third kappa shape index (κ3) is 5.41. The summed E-state index contributed by atoms with van der Waals surface area (Å²) < 4.78 is 51.2. The highest BCUT2D eigenvalue weighted by Crippen LogP contribution is 2.83. The van der Waals surface area contributed by atoms with Crippen molar-refractivity contribution in [2.24, 2.45) is 0 Å². The molecular formula is C17H36O7P2. The molecule has 0 heterocycles. The molecule has 156 valence electrons. The Morgan fingerprint density at radius 3 is 1.27 bits per heavy atom. The molecule has 1 atom stereocenters. The molecular weight excluding hydrogens is 378 g/mol. The van der Waals surface area contributed by atoms with E-state index < -0.39 is 50.6 Å². The zero-order valence-electron chi connectivity index (χ0n) is 17.3. The first-order valence-electron chi connectivity index (χ1n) is 9.39. The Morgan fingerprint density at radius 2 is 1.08 bits per heavy atom. The molecule has 0 saturated heterocycles. The molecule has 1 aliphatic rings. The van der Waals surface area contributed by atoms with Crippen molar-refractivity contribution < 1.29 is 32.3 Å². The molecule has 1 unspecified atom stereocenters. The van der Waals surface area contributed by atoms with Gasteiger partial charge in [0.05, 0.1) is 30.5 Å². The molecule has 0 aliphatic heterocycles. The fourth-order valence-corrected chi connectivity index (χ4v) is 9.72. The highest BCUT2D eigenvalue weighted by atomic mass is 31.2. The maximum Gasteiger partial charge on any atom is 0.349 e. The summed E-state index contributed by atoms with van der Waals surface area (Å²) in [6, 6.07) is 0. The maximum absolute atomic E-state index is 14.0. The molecule has 0 radical (unpaired) electrons. The molecule has 0 spiro atoms. The average molecular weight is 414 g/mol. The van der Waals surface area contributed by atoms with Gasteiger partial charge in [-0.15, -0.1) is 0 Å². The Morgan fingerprint density at radius 1 is 0.769 bits per heavy atom. The van der Waals surface area contributed by atoms with Gasteiger partial charge in [-0.3, -0.25) is 9.13 Å². The first kappa shape index (κ1) is 24.3. The zero-order valence-corrected chi connectivity index (χ0v) is 19.1. The Balaban J connectivity index is 3.59. The van der Waals surface area contributed by atoms with E-state index in [4.69, 9.17) is 18.1 Å². The Labute approximate surface area is 158 Å². The highest BCUT2D eigenvalue weighted by Gasteiger charge is 2.68. The number of hydrogen-bond donors (Lipinski definition) is 1. The van der Waals surface area contributed by atoms with E-state index in [1.165, 1.54) is 0 Å². The minimum atomic E-state index is -3.95. The maximum atomic E-state index is 14.0. The second kappa shape index (κ2) is 9.17. The van der Waals surface area contributed by atoms with Crippen LogP contribution in [0.25, 0.3) is 0 Å². The van der Waals surface area contributed by atoms with Crippen molar-refractivity contribution in [2.45, 2.75) is 110 Å². The quantitative estimate of drug-likeness (QED) is 0.484. The summed E-state index contributed by atoms with van der Waals surface area (Å²) in [5.41, 5.74) is 0. The van der Waals surface area contributed by atoms with Crippen LogP contribution in [0.4, 0.5) is 0 Å². The van der Waals surface area contributed by atoms with E-state index in [0.717, 1.165) is 0 Å². The van der Waals surface area contributed by atoms with E-state index in [1.54, 1.807) is 55.4 Å². The summed E-state index contributed by atoms with van der Waals surface area (Å²) in [6.45, 7) is 13.9. The van der Waals surface area contributed by atoms with Crippen molar-refractivity contribution >= 4 is 15.2 Å². The molecule has 26 heavy (non-hydrogen) atoms. The SMILES string of the molecule is CC(C)OP(=O)(OC(C)C)C1(P(=O)(OC(C)C)OC(C)C)CCC(O)C1. The number of aliphatic hydroxyl groups is 1. The smallest absolute Gasteiger partial charge is 0.349 e. The zero-order chi connectivity index (χ0) is 20.3. The molecule has 0 bridgehead atoms. The summed E-state index contributed by atoms with van der Waals surface area (Å²) in [4.78, 5) is -1.53. The first-order valence-corrected chi connectivity index (χ1v) is 12.5. The molecule has 0 aromatic rings. The molecule has 1 fully saturated rings. The van der Waals surface area contributed by atoms with Gasteiger partial charge in [0.2, 0.25) is 0 Å². The van der Waals surface area contributed by atoms with Crippen LogP contribution in [0.5, 0.6) is 0 Å². The lowest BCUT2D eigenvalue weighted by Gasteiger charge is -2.42. The minimum absolute atomic E-state index is 0.0135. The van der Waals surface area contributed by atoms with Gasteiger partial charge in [-0.2, -0.15) is 0 Å². The Kier molecular flexibility index (Phi) is 8.57. The van der Waals surface area contributed by atoms with Crippen molar-refractivity contribution in [2.75, 3.05) is 0 Å². The third-order valence-corrected chi connectivity index (χ3v) is 11.0. The van der Waals surface area contributed by atoms with Crippen LogP contribution in [0.3, 0.4) is 0 Å². The molecule has 0 amide bonds. The van der Waals surface area contributed by atoms with Crippen LogP contribution in [-0.4, -0.2) is 40.5 Å². The first-order chi connectivity index (χ1) is 11.8. The fourth-order valence-electron chi connectivity index (χ4n) is 3.18. The number of rotatable bonds is 10. The lowest BCUT2D eigenvalue weighted by Crippen LogP contribution is -2.34. The lowest BCUT2D eigenvalue weighted by molar-refractivity contribution is 0.105. The minimum Gasteiger partial charge on any atom is -0.393 e. The van der Waals surface area contributed by atoms with E-state index in [2.05, 4.69) is 0 Å². The topological polar surface area (TPSA) is 91.3 Å². The lowest BCUT2D eigenvalue weighted by atomic mass is 10.3. The predicted octanol–water partition coefficient (Wildman–Crippen LogP) is 5.31. The van der Waals surface area contributed by atoms with E-state index in [0.29, 0.717) is 6.42 Å². The van der Waals surface area contributed by atoms with Crippen LogP contribution in [0.15, 0.2) is 0 Å². The summed E-state index contributed by atoms with van der Waals surface area (Å²) in [5.74, 6) is 0. The molecule has 0 aromatic carbocycles. The van der Waals surface area contributed by atoms with Gasteiger partial charge in [-0.1, -0.05) is 0 Å². The van der Waals surface area contributed by atoms with Gasteiger partial charge in [0.15, 0.2) is 4.90 Å². The largest absolute Gasteiger partial charge is 0.393 e.